The molecule has 0 bridgehead atoms. The van der Waals surface area contributed by atoms with Gasteiger partial charge in [-0.15, -0.1) is 11.8 Å². The lowest BCUT2D eigenvalue weighted by Gasteiger charge is -2.23. The van der Waals surface area contributed by atoms with Gasteiger partial charge in [-0.1, -0.05) is 39.0 Å². The molecular formula is C17H20N2OS. The predicted molar refractivity (Wildman–Crippen MR) is 89.1 cm³/mol. The summed E-state index contributed by atoms with van der Waals surface area (Å²) in [6.07, 6.45) is 3.62. The smallest absolute Gasteiger partial charge is 0.258 e. The van der Waals surface area contributed by atoms with E-state index >= 15 is 0 Å². The zero-order valence-corrected chi connectivity index (χ0v) is 13.6. The molecule has 1 amide bonds. The third-order valence-corrected chi connectivity index (χ3v) is 3.90. The van der Waals surface area contributed by atoms with Crippen molar-refractivity contribution in [3.05, 3.63) is 53.7 Å². The maximum Gasteiger partial charge on any atom is 0.258 e. The van der Waals surface area contributed by atoms with Crippen molar-refractivity contribution in [3.8, 4) is 0 Å². The fourth-order valence-electron chi connectivity index (χ4n) is 2.16. The van der Waals surface area contributed by atoms with Gasteiger partial charge in [-0.05, 0) is 35.4 Å². The fourth-order valence-corrected chi connectivity index (χ4v) is 2.71. The maximum absolute atomic E-state index is 12.5. The minimum Gasteiger partial charge on any atom is -0.322 e. The second-order valence-electron chi connectivity index (χ2n) is 5.81. The van der Waals surface area contributed by atoms with Crippen molar-refractivity contribution in [2.45, 2.75) is 31.2 Å². The van der Waals surface area contributed by atoms with Gasteiger partial charge in [0, 0.05) is 11.9 Å². The number of anilines is 1. The van der Waals surface area contributed by atoms with E-state index in [0.29, 0.717) is 5.56 Å². The molecule has 0 radical (unpaired) electrons. The van der Waals surface area contributed by atoms with Crippen molar-refractivity contribution in [1.29, 1.82) is 0 Å². The Morgan fingerprint density at radius 2 is 1.86 bits per heavy atom. The first kappa shape index (κ1) is 15.6. The van der Waals surface area contributed by atoms with Gasteiger partial charge < -0.3 is 5.32 Å². The summed E-state index contributed by atoms with van der Waals surface area (Å²) < 4.78 is 0. The van der Waals surface area contributed by atoms with Gasteiger partial charge in [-0.25, -0.2) is 4.98 Å². The number of hydrogen-bond acceptors (Lipinski definition) is 3. The van der Waals surface area contributed by atoms with Gasteiger partial charge in [0.05, 0.1) is 5.56 Å². The number of aromatic nitrogens is 1. The van der Waals surface area contributed by atoms with Gasteiger partial charge in [0.1, 0.15) is 5.03 Å². The molecule has 4 heteroatoms. The maximum atomic E-state index is 12.5. The lowest BCUT2D eigenvalue weighted by Crippen LogP contribution is -2.19. The van der Waals surface area contributed by atoms with Crippen molar-refractivity contribution in [3.63, 3.8) is 0 Å². The van der Waals surface area contributed by atoms with Crippen LogP contribution < -0.4 is 5.32 Å². The first-order valence-corrected chi connectivity index (χ1v) is 8.06. The Labute approximate surface area is 130 Å². The molecule has 21 heavy (non-hydrogen) atoms. The molecule has 0 saturated carbocycles. The molecule has 2 aromatic rings. The van der Waals surface area contributed by atoms with Crippen LogP contribution in [0.25, 0.3) is 0 Å². The number of carbonyl (C=O) groups excluding carboxylic acids is 1. The Morgan fingerprint density at radius 1 is 1.14 bits per heavy atom. The highest BCUT2D eigenvalue weighted by molar-refractivity contribution is 7.98. The van der Waals surface area contributed by atoms with Crippen LogP contribution in [0.5, 0.6) is 0 Å². The van der Waals surface area contributed by atoms with E-state index in [4.69, 9.17) is 0 Å². The van der Waals surface area contributed by atoms with Gasteiger partial charge >= 0.3 is 0 Å². The molecule has 0 fully saturated rings. The van der Waals surface area contributed by atoms with Crippen LogP contribution in [0.3, 0.4) is 0 Å². The SMILES string of the molecule is CSc1ncccc1C(=O)Nc1ccccc1C(C)(C)C. The van der Waals surface area contributed by atoms with E-state index in [9.17, 15) is 4.79 Å². The summed E-state index contributed by atoms with van der Waals surface area (Å²) in [5.74, 6) is -0.121. The first-order chi connectivity index (χ1) is 9.93. The van der Waals surface area contributed by atoms with Crippen molar-refractivity contribution in [1.82, 2.24) is 4.98 Å². The Morgan fingerprint density at radius 3 is 2.52 bits per heavy atom. The van der Waals surface area contributed by atoms with Crippen LogP contribution >= 0.6 is 11.8 Å². The predicted octanol–water partition coefficient (Wildman–Crippen LogP) is 4.35. The summed E-state index contributed by atoms with van der Waals surface area (Å²) in [5.41, 5.74) is 2.55. The zero-order chi connectivity index (χ0) is 15.5. The monoisotopic (exact) mass is 300 g/mol. The van der Waals surface area contributed by atoms with E-state index in [1.807, 2.05) is 30.5 Å². The normalized spacial score (nSPS) is 11.2. The molecule has 0 atom stereocenters. The van der Waals surface area contributed by atoms with E-state index in [1.165, 1.54) is 11.8 Å². The Kier molecular flexibility index (Phi) is 4.68. The Balaban J connectivity index is 2.33. The highest BCUT2D eigenvalue weighted by atomic mass is 32.2. The molecule has 1 heterocycles. The summed E-state index contributed by atoms with van der Waals surface area (Å²) in [5, 5.41) is 3.75. The van der Waals surface area contributed by atoms with E-state index in [0.717, 1.165) is 16.3 Å². The van der Waals surface area contributed by atoms with Crippen LogP contribution in [0.2, 0.25) is 0 Å². The molecule has 110 valence electrons. The molecule has 0 saturated heterocycles. The molecule has 0 aliphatic rings. The number of nitrogens with one attached hydrogen (secondary N) is 1. The average Bonchev–Trinajstić information content (AvgIpc) is 2.46. The average molecular weight is 300 g/mol. The molecule has 0 aliphatic heterocycles. The van der Waals surface area contributed by atoms with Crippen LogP contribution in [0.15, 0.2) is 47.6 Å². The van der Waals surface area contributed by atoms with E-state index in [1.54, 1.807) is 18.3 Å². The summed E-state index contributed by atoms with van der Waals surface area (Å²) in [6.45, 7) is 6.40. The highest BCUT2D eigenvalue weighted by Crippen LogP contribution is 2.30. The number of nitrogens with zero attached hydrogens (tertiary/aromatic N) is 1. The van der Waals surface area contributed by atoms with Crippen molar-refractivity contribution < 1.29 is 4.79 Å². The Bertz CT molecular complexity index is 647. The molecule has 1 aromatic carbocycles. The molecule has 0 unspecified atom stereocenters. The van der Waals surface area contributed by atoms with Gasteiger partial charge in [0.15, 0.2) is 0 Å². The zero-order valence-electron chi connectivity index (χ0n) is 12.8. The molecule has 3 nitrogen and oxygen atoms in total. The molecule has 0 spiro atoms. The molecule has 0 aliphatic carbocycles. The van der Waals surface area contributed by atoms with Gasteiger partial charge in [0.25, 0.3) is 5.91 Å². The van der Waals surface area contributed by atoms with Gasteiger partial charge in [-0.2, -0.15) is 0 Å². The number of amides is 1. The van der Waals surface area contributed by atoms with Crippen LogP contribution in [-0.2, 0) is 5.41 Å². The number of thioether (sulfide) groups is 1. The van der Waals surface area contributed by atoms with Gasteiger partial charge in [-0.3, -0.25) is 4.79 Å². The van der Waals surface area contributed by atoms with E-state index in [2.05, 4.69) is 31.1 Å². The number of pyridine rings is 1. The Hall–Kier alpha value is -1.81. The lowest BCUT2D eigenvalue weighted by atomic mass is 9.86. The summed E-state index contributed by atoms with van der Waals surface area (Å²) in [4.78, 5) is 16.7. The first-order valence-electron chi connectivity index (χ1n) is 6.83. The van der Waals surface area contributed by atoms with Gasteiger partial charge in [0.2, 0.25) is 0 Å². The summed E-state index contributed by atoms with van der Waals surface area (Å²) in [7, 11) is 0. The van der Waals surface area contributed by atoms with E-state index < -0.39 is 0 Å². The van der Waals surface area contributed by atoms with Crippen LogP contribution in [0.4, 0.5) is 5.69 Å². The minimum atomic E-state index is -0.121. The second kappa shape index (κ2) is 6.31. The lowest BCUT2D eigenvalue weighted by molar-refractivity contribution is 0.102. The number of carbonyl (C=O) groups is 1. The number of para-hydroxylation sites is 1. The van der Waals surface area contributed by atoms with Crippen molar-refractivity contribution in [2.75, 3.05) is 11.6 Å². The summed E-state index contributed by atoms with van der Waals surface area (Å²) >= 11 is 1.47. The van der Waals surface area contributed by atoms with E-state index in [-0.39, 0.29) is 11.3 Å². The molecule has 1 N–H and O–H groups in total. The van der Waals surface area contributed by atoms with Crippen molar-refractivity contribution >= 4 is 23.4 Å². The summed E-state index contributed by atoms with van der Waals surface area (Å²) in [6, 6.07) is 11.5. The number of hydrogen-bond donors (Lipinski definition) is 1. The molecular weight excluding hydrogens is 280 g/mol. The van der Waals surface area contributed by atoms with Crippen LogP contribution in [0.1, 0.15) is 36.7 Å². The third kappa shape index (κ3) is 3.64. The van der Waals surface area contributed by atoms with Crippen molar-refractivity contribution in [2.24, 2.45) is 0 Å². The quantitative estimate of drug-likeness (QED) is 0.857. The van der Waals surface area contributed by atoms with Crippen LogP contribution in [0, 0.1) is 0 Å². The largest absolute Gasteiger partial charge is 0.322 e. The van der Waals surface area contributed by atoms with Crippen LogP contribution in [-0.4, -0.2) is 17.1 Å². The fraction of sp³-hybridized carbons (Fsp3) is 0.294. The standard InChI is InChI=1S/C17H20N2OS/c1-17(2,3)13-9-5-6-10-14(13)19-15(20)12-8-7-11-18-16(12)21-4/h5-11H,1-4H3,(H,19,20). The molecule has 2 rings (SSSR count). The number of rotatable bonds is 3. The molecule has 1 aromatic heterocycles. The third-order valence-electron chi connectivity index (χ3n) is 3.19. The second-order valence-corrected chi connectivity index (χ2v) is 6.60. The number of benzene rings is 1. The highest BCUT2D eigenvalue weighted by Gasteiger charge is 2.19. The topological polar surface area (TPSA) is 42.0 Å². The minimum absolute atomic E-state index is 0.0266.